The SMILES string of the molecule is CCCCC(NC(=O)CSCC(=O)Nc1ccc(C)cc1)C(=O)O. The Morgan fingerprint density at radius 3 is 2.33 bits per heavy atom. The first kappa shape index (κ1) is 20.0. The van der Waals surface area contributed by atoms with Gasteiger partial charge < -0.3 is 15.7 Å². The van der Waals surface area contributed by atoms with Crippen LogP contribution in [0.4, 0.5) is 5.69 Å². The van der Waals surface area contributed by atoms with Crippen LogP contribution in [0.2, 0.25) is 0 Å². The average molecular weight is 352 g/mol. The van der Waals surface area contributed by atoms with Gasteiger partial charge in [0, 0.05) is 5.69 Å². The molecule has 1 unspecified atom stereocenters. The van der Waals surface area contributed by atoms with Crippen LogP contribution in [0.25, 0.3) is 0 Å². The van der Waals surface area contributed by atoms with Gasteiger partial charge in [0.05, 0.1) is 11.5 Å². The summed E-state index contributed by atoms with van der Waals surface area (Å²) < 4.78 is 0. The van der Waals surface area contributed by atoms with Crippen LogP contribution >= 0.6 is 11.8 Å². The third-order valence-corrected chi connectivity index (χ3v) is 4.21. The Labute approximate surface area is 146 Å². The molecule has 0 bridgehead atoms. The van der Waals surface area contributed by atoms with Crippen LogP contribution in [0, 0.1) is 6.92 Å². The zero-order valence-electron chi connectivity index (χ0n) is 14.0. The van der Waals surface area contributed by atoms with Crippen molar-refractivity contribution in [2.45, 2.75) is 39.2 Å². The second kappa shape index (κ2) is 10.7. The van der Waals surface area contributed by atoms with E-state index in [-0.39, 0.29) is 23.3 Å². The van der Waals surface area contributed by atoms with Gasteiger partial charge in [-0.05, 0) is 25.5 Å². The van der Waals surface area contributed by atoms with Crippen LogP contribution < -0.4 is 10.6 Å². The maximum Gasteiger partial charge on any atom is 0.326 e. The summed E-state index contributed by atoms with van der Waals surface area (Å²) >= 11 is 1.15. The number of aryl methyl sites for hydroxylation is 1. The lowest BCUT2D eigenvalue weighted by Crippen LogP contribution is -2.41. The van der Waals surface area contributed by atoms with E-state index in [0.29, 0.717) is 12.1 Å². The van der Waals surface area contributed by atoms with E-state index in [0.717, 1.165) is 30.2 Å². The molecule has 0 aliphatic heterocycles. The minimum Gasteiger partial charge on any atom is -0.480 e. The number of unbranched alkanes of at least 4 members (excludes halogenated alkanes) is 1. The number of carboxylic acid groups (broad SMARTS) is 1. The molecule has 1 aromatic rings. The Bertz CT molecular complexity index is 560. The Hall–Kier alpha value is -2.02. The lowest BCUT2D eigenvalue weighted by atomic mass is 10.1. The highest BCUT2D eigenvalue weighted by Gasteiger charge is 2.19. The fraction of sp³-hybridized carbons (Fsp3) is 0.471. The molecule has 0 aromatic heterocycles. The molecular weight excluding hydrogens is 328 g/mol. The number of benzene rings is 1. The first-order valence-corrected chi connectivity index (χ1v) is 9.04. The van der Waals surface area contributed by atoms with Gasteiger partial charge >= 0.3 is 5.97 Å². The van der Waals surface area contributed by atoms with Gasteiger partial charge in [0.15, 0.2) is 0 Å². The smallest absolute Gasteiger partial charge is 0.326 e. The topological polar surface area (TPSA) is 95.5 Å². The fourth-order valence-corrected chi connectivity index (χ4v) is 2.60. The number of rotatable bonds is 10. The summed E-state index contributed by atoms with van der Waals surface area (Å²) in [6, 6.07) is 6.57. The summed E-state index contributed by atoms with van der Waals surface area (Å²) in [6.07, 6.45) is 2.02. The molecule has 0 radical (unpaired) electrons. The van der Waals surface area contributed by atoms with Crippen molar-refractivity contribution in [1.29, 1.82) is 0 Å². The lowest BCUT2D eigenvalue weighted by Gasteiger charge is -2.13. The predicted octanol–water partition coefficient (Wildman–Crippen LogP) is 2.43. The Balaban J connectivity index is 2.29. The van der Waals surface area contributed by atoms with Crippen LogP contribution in [0.3, 0.4) is 0 Å². The van der Waals surface area contributed by atoms with Crippen LogP contribution in [0.15, 0.2) is 24.3 Å². The molecule has 0 aliphatic carbocycles. The second-order valence-corrected chi connectivity index (χ2v) is 6.49. The third-order valence-electron chi connectivity index (χ3n) is 3.28. The summed E-state index contributed by atoms with van der Waals surface area (Å²) in [5, 5.41) is 14.3. The summed E-state index contributed by atoms with van der Waals surface area (Å²) in [5.41, 5.74) is 1.82. The number of aliphatic carboxylic acids is 1. The van der Waals surface area contributed by atoms with E-state index < -0.39 is 12.0 Å². The summed E-state index contributed by atoms with van der Waals surface area (Å²) in [7, 11) is 0. The standard InChI is InChI=1S/C17H24N2O4S/c1-3-4-5-14(17(22)23)19-16(21)11-24-10-15(20)18-13-8-6-12(2)7-9-13/h6-9,14H,3-5,10-11H2,1-2H3,(H,18,20)(H,19,21)(H,22,23). The van der Waals surface area contributed by atoms with Gasteiger partial charge in [-0.1, -0.05) is 37.5 Å². The number of nitrogens with one attached hydrogen (secondary N) is 2. The van der Waals surface area contributed by atoms with E-state index in [9.17, 15) is 14.4 Å². The molecule has 0 saturated heterocycles. The summed E-state index contributed by atoms with van der Waals surface area (Å²) in [4.78, 5) is 34.6. The van der Waals surface area contributed by atoms with Crippen molar-refractivity contribution in [2.75, 3.05) is 16.8 Å². The number of anilines is 1. The molecule has 0 saturated carbocycles. The highest BCUT2D eigenvalue weighted by molar-refractivity contribution is 8.00. The highest BCUT2D eigenvalue weighted by atomic mass is 32.2. The molecule has 7 heteroatoms. The maximum atomic E-state index is 11.8. The number of thioether (sulfide) groups is 1. The van der Waals surface area contributed by atoms with Crippen LogP contribution in [0.1, 0.15) is 31.7 Å². The van der Waals surface area contributed by atoms with E-state index in [1.807, 2.05) is 38.1 Å². The highest BCUT2D eigenvalue weighted by Crippen LogP contribution is 2.10. The van der Waals surface area contributed by atoms with Crippen molar-refractivity contribution >= 4 is 35.2 Å². The number of carboxylic acids is 1. The van der Waals surface area contributed by atoms with Crippen LogP contribution in [0.5, 0.6) is 0 Å². The third kappa shape index (κ3) is 8.01. The molecule has 0 fully saturated rings. The van der Waals surface area contributed by atoms with Crippen molar-refractivity contribution in [1.82, 2.24) is 5.32 Å². The molecule has 132 valence electrons. The van der Waals surface area contributed by atoms with Crippen molar-refractivity contribution in [2.24, 2.45) is 0 Å². The number of hydrogen-bond acceptors (Lipinski definition) is 4. The molecular formula is C17H24N2O4S. The van der Waals surface area contributed by atoms with Crippen molar-refractivity contribution < 1.29 is 19.5 Å². The largest absolute Gasteiger partial charge is 0.480 e. The van der Waals surface area contributed by atoms with Gasteiger partial charge in [0.1, 0.15) is 6.04 Å². The summed E-state index contributed by atoms with van der Waals surface area (Å²) in [5.74, 6) is -1.41. The van der Waals surface area contributed by atoms with Crippen LogP contribution in [-0.2, 0) is 14.4 Å². The molecule has 1 rings (SSSR count). The molecule has 0 heterocycles. The van der Waals surface area contributed by atoms with E-state index in [1.54, 1.807) is 0 Å². The lowest BCUT2D eigenvalue weighted by molar-refractivity contribution is -0.141. The molecule has 0 spiro atoms. The van der Waals surface area contributed by atoms with E-state index >= 15 is 0 Å². The molecule has 2 amide bonds. The van der Waals surface area contributed by atoms with E-state index in [1.165, 1.54) is 0 Å². The van der Waals surface area contributed by atoms with E-state index in [4.69, 9.17) is 5.11 Å². The average Bonchev–Trinajstić information content (AvgIpc) is 2.53. The van der Waals surface area contributed by atoms with E-state index in [2.05, 4.69) is 10.6 Å². The van der Waals surface area contributed by atoms with Gasteiger partial charge in [0.25, 0.3) is 0 Å². The first-order valence-electron chi connectivity index (χ1n) is 7.88. The fourth-order valence-electron chi connectivity index (χ4n) is 1.97. The Morgan fingerprint density at radius 2 is 1.75 bits per heavy atom. The Morgan fingerprint density at radius 1 is 1.12 bits per heavy atom. The molecule has 24 heavy (non-hydrogen) atoms. The molecule has 1 atom stereocenters. The molecule has 1 aromatic carbocycles. The van der Waals surface area contributed by atoms with Gasteiger partial charge in [0.2, 0.25) is 11.8 Å². The minimum atomic E-state index is -1.03. The number of carbonyl (C=O) groups excluding carboxylic acids is 2. The predicted molar refractivity (Wildman–Crippen MR) is 96.2 cm³/mol. The van der Waals surface area contributed by atoms with Gasteiger partial charge in [-0.25, -0.2) is 4.79 Å². The van der Waals surface area contributed by atoms with Gasteiger partial charge in [-0.15, -0.1) is 11.8 Å². The quantitative estimate of drug-likeness (QED) is 0.601. The second-order valence-electron chi connectivity index (χ2n) is 5.51. The first-order chi connectivity index (χ1) is 11.4. The molecule has 3 N–H and O–H groups in total. The Kier molecular flexibility index (Phi) is 8.93. The van der Waals surface area contributed by atoms with Crippen molar-refractivity contribution in [3.63, 3.8) is 0 Å². The van der Waals surface area contributed by atoms with Gasteiger partial charge in [-0.2, -0.15) is 0 Å². The molecule has 0 aliphatic rings. The maximum absolute atomic E-state index is 11.8. The monoisotopic (exact) mass is 352 g/mol. The summed E-state index contributed by atoms with van der Waals surface area (Å²) in [6.45, 7) is 3.92. The van der Waals surface area contributed by atoms with Crippen molar-refractivity contribution in [3.8, 4) is 0 Å². The zero-order valence-corrected chi connectivity index (χ0v) is 14.8. The van der Waals surface area contributed by atoms with Gasteiger partial charge in [-0.3, -0.25) is 9.59 Å². The number of carbonyl (C=O) groups is 3. The number of amides is 2. The minimum absolute atomic E-state index is 0.0528. The normalized spacial score (nSPS) is 11.6. The number of hydrogen-bond donors (Lipinski definition) is 3. The van der Waals surface area contributed by atoms with Crippen molar-refractivity contribution in [3.05, 3.63) is 29.8 Å². The molecule has 6 nitrogen and oxygen atoms in total. The zero-order chi connectivity index (χ0) is 17.9. The van der Waals surface area contributed by atoms with Crippen LogP contribution in [-0.4, -0.2) is 40.4 Å².